The van der Waals surface area contributed by atoms with Crippen LogP contribution in [0.15, 0.2) is 68.0 Å². The van der Waals surface area contributed by atoms with Gasteiger partial charge < -0.3 is 4.98 Å². The van der Waals surface area contributed by atoms with Gasteiger partial charge in [-0.15, -0.1) is 0 Å². The van der Waals surface area contributed by atoms with Crippen LogP contribution in [-0.2, 0) is 20.6 Å². The van der Waals surface area contributed by atoms with Crippen molar-refractivity contribution in [2.45, 2.75) is 21.6 Å². The standard InChI is InChI=1S/C18H15NO5S2/c1-11(20)15-17(25(2)22)13-9-6-10-14(16(13)19-18(15)21)26(23,24)12-7-4-3-5-8-12/h3-10H,1-2H3,(H,19,21)/t25-/m0/s1. The monoisotopic (exact) mass is 389 g/mol. The summed E-state index contributed by atoms with van der Waals surface area (Å²) in [5, 5.41) is 0.271. The van der Waals surface area contributed by atoms with E-state index in [2.05, 4.69) is 4.98 Å². The Kier molecular flexibility index (Phi) is 4.64. The van der Waals surface area contributed by atoms with Gasteiger partial charge in [-0.1, -0.05) is 30.3 Å². The highest BCUT2D eigenvalue weighted by molar-refractivity contribution is 7.91. The molecule has 0 fully saturated rings. The Morgan fingerprint density at radius 3 is 2.27 bits per heavy atom. The lowest BCUT2D eigenvalue weighted by molar-refractivity contribution is 0.101. The predicted molar refractivity (Wildman–Crippen MR) is 98.8 cm³/mol. The molecule has 0 amide bonds. The SMILES string of the molecule is CC(=O)c1c([S@](C)=O)c2cccc(S(=O)(=O)c3ccccc3)c2[nH]c1=O. The van der Waals surface area contributed by atoms with Crippen LogP contribution < -0.4 is 5.56 Å². The number of para-hydroxylation sites is 1. The van der Waals surface area contributed by atoms with Crippen LogP contribution in [0.2, 0.25) is 0 Å². The highest BCUT2D eigenvalue weighted by Crippen LogP contribution is 2.30. The van der Waals surface area contributed by atoms with Gasteiger partial charge in [-0.05, 0) is 25.1 Å². The molecule has 0 aliphatic heterocycles. The quantitative estimate of drug-likeness (QED) is 0.690. The van der Waals surface area contributed by atoms with E-state index in [4.69, 9.17) is 0 Å². The average molecular weight is 389 g/mol. The molecule has 1 atom stereocenters. The zero-order chi connectivity index (χ0) is 19.1. The molecule has 0 spiro atoms. The number of Topliss-reactive ketones (excluding diaryl/α,β-unsaturated/α-hetero) is 1. The van der Waals surface area contributed by atoms with Crippen LogP contribution in [0, 0.1) is 0 Å². The van der Waals surface area contributed by atoms with Gasteiger partial charge in [0, 0.05) is 11.6 Å². The number of nitrogens with one attached hydrogen (secondary N) is 1. The number of carbonyl (C=O) groups is 1. The smallest absolute Gasteiger partial charge is 0.260 e. The number of ketones is 1. The second kappa shape index (κ2) is 6.62. The first-order chi connectivity index (χ1) is 12.2. The molecule has 134 valence electrons. The topological polar surface area (TPSA) is 101 Å². The largest absolute Gasteiger partial charge is 0.320 e. The van der Waals surface area contributed by atoms with Gasteiger partial charge in [0.25, 0.3) is 5.56 Å². The fourth-order valence-electron chi connectivity index (χ4n) is 2.83. The lowest BCUT2D eigenvalue weighted by Crippen LogP contribution is -2.21. The predicted octanol–water partition coefficient (Wildman–Crippen LogP) is 2.30. The van der Waals surface area contributed by atoms with Crippen LogP contribution >= 0.6 is 0 Å². The minimum absolute atomic E-state index is 0.0385. The number of aromatic nitrogens is 1. The van der Waals surface area contributed by atoms with Crippen molar-refractivity contribution in [3.05, 3.63) is 64.4 Å². The summed E-state index contributed by atoms with van der Waals surface area (Å²) >= 11 is 0. The van der Waals surface area contributed by atoms with Crippen LogP contribution in [0.25, 0.3) is 10.9 Å². The molecule has 26 heavy (non-hydrogen) atoms. The van der Waals surface area contributed by atoms with Crippen LogP contribution in [0.1, 0.15) is 17.3 Å². The van der Waals surface area contributed by atoms with Gasteiger partial charge in [-0.25, -0.2) is 8.42 Å². The summed E-state index contributed by atoms with van der Waals surface area (Å²) in [5.74, 6) is -0.533. The van der Waals surface area contributed by atoms with Gasteiger partial charge in [0.1, 0.15) is 0 Å². The van der Waals surface area contributed by atoms with Gasteiger partial charge in [0.15, 0.2) is 5.78 Å². The zero-order valence-corrected chi connectivity index (χ0v) is 15.6. The first-order valence-electron chi connectivity index (χ1n) is 7.58. The normalized spacial score (nSPS) is 12.8. The third-order valence-electron chi connectivity index (χ3n) is 3.95. The minimum Gasteiger partial charge on any atom is -0.320 e. The molecule has 1 N–H and O–H groups in total. The minimum atomic E-state index is -3.91. The highest BCUT2D eigenvalue weighted by atomic mass is 32.2. The second-order valence-electron chi connectivity index (χ2n) is 5.66. The zero-order valence-electron chi connectivity index (χ0n) is 14.0. The summed E-state index contributed by atoms with van der Waals surface area (Å²) in [4.78, 5) is 26.8. The number of fused-ring (bicyclic) bond motifs is 1. The van der Waals surface area contributed by atoms with E-state index in [0.717, 1.165) is 0 Å². The highest BCUT2D eigenvalue weighted by Gasteiger charge is 2.25. The Hall–Kier alpha value is -2.58. The Morgan fingerprint density at radius 1 is 1.04 bits per heavy atom. The Balaban J connectivity index is 2.47. The third kappa shape index (κ3) is 2.91. The van der Waals surface area contributed by atoms with E-state index in [1.807, 2.05) is 0 Å². The van der Waals surface area contributed by atoms with Crippen LogP contribution in [0.3, 0.4) is 0 Å². The van der Waals surface area contributed by atoms with Gasteiger partial charge in [0.05, 0.1) is 36.6 Å². The maximum absolute atomic E-state index is 13.0. The summed E-state index contributed by atoms with van der Waals surface area (Å²) < 4.78 is 38.2. The van der Waals surface area contributed by atoms with Crippen LogP contribution in [-0.4, -0.2) is 29.6 Å². The van der Waals surface area contributed by atoms with Crippen molar-refractivity contribution in [2.24, 2.45) is 0 Å². The number of carbonyl (C=O) groups excluding carboxylic acids is 1. The van der Waals surface area contributed by atoms with Crippen molar-refractivity contribution in [2.75, 3.05) is 6.26 Å². The molecule has 8 heteroatoms. The molecule has 3 rings (SSSR count). The first kappa shape index (κ1) is 18.2. The van der Waals surface area contributed by atoms with Crippen molar-refractivity contribution in [1.29, 1.82) is 0 Å². The van der Waals surface area contributed by atoms with Gasteiger partial charge in [-0.2, -0.15) is 0 Å². The molecule has 3 aromatic rings. The molecule has 0 aliphatic carbocycles. The lowest BCUT2D eigenvalue weighted by Gasteiger charge is -2.12. The number of pyridine rings is 1. The molecular weight excluding hydrogens is 374 g/mol. The van der Waals surface area contributed by atoms with Crippen molar-refractivity contribution in [3.63, 3.8) is 0 Å². The molecule has 0 saturated carbocycles. The van der Waals surface area contributed by atoms with E-state index in [1.165, 1.54) is 37.4 Å². The first-order valence-corrected chi connectivity index (χ1v) is 10.6. The molecule has 0 radical (unpaired) electrons. The molecule has 0 aliphatic rings. The van der Waals surface area contributed by atoms with Gasteiger partial charge in [0.2, 0.25) is 9.84 Å². The molecule has 2 aromatic carbocycles. The van der Waals surface area contributed by atoms with E-state index in [9.17, 15) is 22.2 Å². The van der Waals surface area contributed by atoms with Crippen LogP contribution in [0.5, 0.6) is 0 Å². The number of benzene rings is 2. The second-order valence-corrected chi connectivity index (χ2v) is 8.90. The van der Waals surface area contributed by atoms with Crippen LogP contribution in [0.4, 0.5) is 0 Å². The number of H-pyrrole nitrogens is 1. The summed E-state index contributed by atoms with van der Waals surface area (Å²) in [6, 6.07) is 12.2. The fourth-order valence-corrected chi connectivity index (χ4v) is 5.29. The Labute approximate surface area is 152 Å². The van der Waals surface area contributed by atoms with E-state index in [0.29, 0.717) is 0 Å². The molecule has 0 saturated heterocycles. The molecule has 0 bridgehead atoms. The number of sulfone groups is 1. The molecule has 1 heterocycles. The number of aromatic amines is 1. The van der Waals surface area contributed by atoms with Crippen molar-refractivity contribution in [3.8, 4) is 0 Å². The number of hydrogen-bond donors (Lipinski definition) is 1. The maximum atomic E-state index is 13.0. The number of hydrogen-bond acceptors (Lipinski definition) is 5. The molecular formula is C18H15NO5S2. The lowest BCUT2D eigenvalue weighted by atomic mass is 10.1. The molecule has 1 aromatic heterocycles. The Bertz CT molecular complexity index is 1210. The maximum Gasteiger partial charge on any atom is 0.260 e. The summed E-state index contributed by atoms with van der Waals surface area (Å²) in [7, 11) is -5.57. The van der Waals surface area contributed by atoms with E-state index >= 15 is 0 Å². The van der Waals surface area contributed by atoms with Crippen molar-refractivity contribution in [1.82, 2.24) is 4.98 Å². The molecule has 6 nitrogen and oxygen atoms in total. The van der Waals surface area contributed by atoms with E-state index < -0.39 is 32.0 Å². The number of rotatable bonds is 4. The van der Waals surface area contributed by atoms with Gasteiger partial charge >= 0.3 is 0 Å². The summed E-state index contributed by atoms with van der Waals surface area (Å²) in [6.07, 6.45) is 1.35. The van der Waals surface area contributed by atoms with E-state index in [-0.39, 0.29) is 31.2 Å². The fraction of sp³-hybridized carbons (Fsp3) is 0.111. The summed E-state index contributed by atoms with van der Waals surface area (Å²) in [6.45, 7) is 1.21. The Morgan fingerprint density at radius 2 is 1.69 bits per heavy atom. The summed E-state index contributed by atoms with van der Waals surface area (Å²) in [5.41, 5.74) is -0.935. The average Bonchev–Trinajstić information content (AvgIpc) is 2.60. The van der Waals surface area contributed by atoms with Crippen molar-refractivity contribution >= 4 is 37.3 Å². The van der Waals surface area contributed by atoms with Crippen molar-refractivity contribution < 1.29 is 17.4 Å². The van der Waals surface area contributed by atoms with E-state index in [1.54, 1.807) is 24.3 Å². The third-order valence-corrected chi connectivity index (χ3v) is 6.76. The van der Waals surface area contributed by atoms with Gasteiger partial charge in [-0.3, -0.25) is 13.8 Å². The molecule has 0 unspecified atom stereocenters.